The zero-order chi connectivity index (χ0) is 12.5. The zero-order valence-electron chi connectivity index (χ0n) is 10.0. The van der Waals surface area contributed by atoms with Crippen LogP contribution in [-0.2, 0) is 6.42 Å². The molecule has 0 bridgehead atoms. The molecule has 2 aromatic carbocycles. The van der Waals surface area contributed by atoms with Crippen molar-refractivity contribution in [3.8, 4) is 0 Å². The maximum Gasteiger partial charge on any atom is 0.106 e. The number of nitrogens with two attached hydrogens (primary N) is 1. The van der Waals surface area contributed by atoms with Crippen LogP contribution in [0.5, 0.6) is 0 Å². The molecular formula is C15H15IN2. The molecule has 1 atom stereocenters. The molecule has 0 fully saturated rings. The van der Waals surface area contributed by atoms with Gasteiger partial charge in [-0.25, -0.2) is 0 Å². The molecule has 92 valence electrons. The molecule has 0 radical (unpaired) electrons. The van der Waals surface area contributed by atoms with Crippen LogP contribution < -0.4 is 10.6 Å². The lowest BCUT2D eigenvalue weighted by Crippen LogP contribution is -2.22. The van der Waals surface area contributed by atoms with E-state index in [0.29, 0.717) is 4.05 Å². The van der Waals surface area contributed by atoms with E-state index < -0.39 is 0 Å². The third-order valence-electron chi connectivity index (χ3n) is 3.39. The van der Waals surface area contributed by atoms with Crippen molar-refractivity contribution in [2.24, 2.45) is 0 Å². The molecule has 2 nitrogen and oxygen atoms in total. The maximum atomic E-state index is 5.90. The Hall–Kier alpha value is -1.23. The summed E-state index contributed by atoms with van der Waals surface area (Å²) in [6.07, 6.45) is 1.11. The van der Waals surface area contributed by atoms with E-state index in [1.807, 2.05) is 6.07 Å². The second kappa shape index (κ2) is 4.80. The van der Waals surface area contributed by atoms with Crippen molar-refractivity contribution in [2.45, 2.75) is 10.5 Å². The van der Waals surface area contributed by atoms with E-state index in [1.165, 1.54) is 16.8 Å². The Labute approximate surface area is 121 Å². The Morgan fingerprint density at radius 2 is 1.89 bits per heavy atom. The average Bonchev–Trinajstić information content (AvgIpc) is 2.82. The van der Waals surface area contributed by atoms with Gasteiger partial charge in [0.05, 0.1) is 0 Å². The molecule has 2 N–H and O–H groups in total. The molecule has 0 saturated heterocycles. The first-order valence-corrected chi connectivity index (χ1v) is 7.34. The van der Waals surface area contributed by atoms with Gasteiger partial charge in [-0.3, -0.25) is 0 Å². The Morgan fingerprint density at radius 3 is 2.67 bits per heavy atom. The van der Waals surface area contributed by atoms with Gasteiger partial charge in [0.15, 0.2) is 0 Å². The minimum atomic E-state index is 0.367. The van der Waals surface area contributed by atoms with Gasteiger partial charge in [-0.1, -0.05) is 59.0 Å². The molecule has 1 unspecified atom stereocenters. The predicted octanol–water partition coefficient (Wildman–Crippen LogP) is 3.77. The minimum Gasteiger partial charge on any atom is -0.399 e. The number of halogens is 1. The summed E-state index contributed by atoms with van der Waals surface area (Å²) in [5.74, 6) is 0. The summed E-state index contributed by atoms with van der Waals surface area (Å²) in [5, 5.41) is 0. The smallest absolute Gasteiger partial charge is 0.106 e. The highest BCUT2D eigenvalue weighted by Gasteiger charge is 2.25. The van der Waals surface area contributed by atoms with Crippen LogP contribution in [-0.4, -0.2) is 6.54 Å². The first-order valence-electron chi connectivity index (χ1n) is 6.10. The van der Waals surface area contributed by atoms with E-state index in [-0.39, 0.29) is 0 Å². The second-order valence-corrected chi connectivity index (χ2v) is 5.76. The van der Waals surface area contributed by atoms with E-state index >= 15 is 0 Å². The number of rotatable bonds is 2. The van der Waals surface area contributed by atoms with Crippen LogP contribution in [0.2, 0.25) is 0 Å². The number of fused-ring (bicyclic) bond motifs is 1. The number of alkyl halides is 1. The summed E-state index contributed by atoms with van der Waals surface area (Å²) in [7, 11) is 0. The van der Waals surface area contributed by atoms with Crippen LogP contribution >= 0.6 is 22.6 Å². The average molecular weight is 350 g/mol. The molecule has 3 heteroatoms. The van der Waals surface area contributed by atoms with Crippen LogP contribution in [0.4, 0.5) is 11.4 Å². The molecule has 3 rings (SSSR count). The number of nitrogens with zero attached hydrogens (tertiary/aromatic N) is 1. The van der Waals surface area contributed by atoms with E-state index in [2.05, 4.69) is 70.0 Å². The van der Waals surface area contributed by atoms with Gasteiger partial charge >= 0.3 is 0 Å². The zero-order valence-corrected chi connectivity index (χ0v) is 12.2. The van der Waals surface area contributed by atoms with Crippen molar-refractivity contribution >= 4 is 34.0 Å². The monoisotopic (exact) mass is 350 g/mol. The highest BCUT2D eigenvalue weighted by atomic mass is 127. The minimum absolute atomic E-state index is 0.367. The normalized spacial score (nSPS) is 15.5. The van der Waals surface area contributed by atoms with E-state index in [9.17, 15) is 0 Å². The van der Waals surface area contributed by atoms with E-state index in [1.54, 1.807) is 0 Å². The van der Waals surface area contributed by atoms with Crippen LogP contribution in [0.15, 0.2) is 48.5 Å². The summed E-state index contributed by atoms with van der Waals surface area (Å²) in [5.41, 5.74) is 10.8. The summed E-state index contributed by atoms with van der Waals surface area (Å²) < 4.78 is 0.367. The Morgan fingerprint density at radius 1 is 1.11 bits per heavy atom. The summed E-state index contributed by atoms with van der Waals surface area (Å²) >= 11 is 2.50. The lowest BCUT2D eigenvalue weighted by atomic mass is 10.1. The summed E-state index contributed by atoms with van der Waals surface area (Å²) in [4.78, 5) is 2.43. The van der Waals surface area contributed by atoms with Gasteiger partial charge in [-0.05, 0) is 29.7 Å². The highest BCUT2D eigenvalue weighted by molar-refractivity contribution is 14.1. The van der Waals surface area contributed by atoms with Crippen LogP contribution in [0.1, 0.15) is 15.2 Å². The Bertz CT molecular complexity index is 554. The lowest BCUT2D eigenvalue weighted by Gasteiger charge is -2.26. The van der Waals surface area contributed by atoms with Gasteiger partial charge in [0, 0.05) is 17.9 Å². The van der Waals surface area contributed by atoms with Crippen LogP contribution in [0.25, 0.3) is 0 Å². The molecule has 0 aromatic heterocycles. The van der Waals surface area contributed by atoms with Gasteiger partial charge in [0.2, 0.25) is 0 Å². The molecule has 1 heterocycles. The first-order chi connectivity index (χ1) is 8.75. The fourth-order valence-corrected chi connectivity index (χ4v) is 3.44. The van der Waals surface area contributed by atoms with Crippen molar-refractivity contribution in [3.63, 3.8) is 0 Å². The summed E-state index contributed by atoms with van der Waals surface area (Å²) in [6.45, 7) is 1.07. The van der Waals surface area contributed by atoms with Crippen LogP contribution in [0.3, 0.4) is 0 Å². The van der Waals surface area contributed by atoms with Gasteiger partial charge < -0.3 is 10.6 Å². The van der Waals surface area contributed by atoms with E-state index in [0.717, 1.165) is 18.7 Å². The Balaban J connectivity index is 1.94. The number of nitrogen functional groups attached to an aromatic ring is 1. The van der Waals surface area contributed by atoms with Gasteiger partial charge in [-0.15, -0.1) is 0 Å². The lowest BCUT2D eigenvalue weighted by molar-refractivity contribution is 0.840. The van der Waals surface area contributed by atoms with Gasteiger partial charge in [0.1, 0.15) is 4.05 Å². The molecule has 1 aliphatic rings. The van der Waals surface area contributed by atoms with Crippen molar-refractivity contribution in [1.82, 2.24) is 0 Å². The summed E-state index contributed by atoms with van der Waals surface area (Å²) in [6, 6.07) is 16.9. The largest absolute Gasteiger partial charge is 0.399 e. The second-order valence-electron chi connectivity index (χ2n) is 4.58. The highest BCUT2D eigenvalue weighted by Crippen LogP contribution is 2.39. The quantitative estimate of drug-likeness (QED) is 0.387. The molecule has 0 amide bonds. The third kappa shape index (κ3) is 2.07. The number of hydrogen-bond acceptors (Lipinski definition) is 2. The first kappa shape index (κ1) is 11.8. The number of anilines is 2. The predicted molar refractivity (Wildman–Crippen MR) is 85.1 cm³/mol. The van der Waals surface area contributed by atoms with Crippen molar-refractivity contribution in [3.05, 3.63) is 59.7 Å². The molecular weight excluding hydrogens is 335 g/mol. The number of benzene rings is 2. The van der Waals surface area contributed by atoms with Crippen LogP contribution in [0, 0.1) is 0 Å². The van der Waals surface area contributed by atoms with Gasteiger partial charge in [-0.2, -0.15) is 0 Å². The van der Waals surface area contributed by atoms with Crippen molar-refractivity contribution < 1.29 is 0 Å². The maximum absolute atomic E-state index is 5.90. The molecule has 0 aliphatic carbocycles. The number of hydrogen-bond donors (Lipinski definition) is 1. The molecule has 18 heavy (non-hydrogen) atoms. The topological polar surface area (TPSA) is 29.3 Å². The van der Waals surface area contributed by atoms with Gasteiger partial charge in [0.25, 0.3) is 0 Å². The standard InChI is InChI=1S/C15H15IN2/c16-15(12-4-2-1-3-5-12)18-9-8-11-6-7-13(17)10-14(11)18/h1-7,10,15H,8-9,17H2. The molecule has 0 saturated carbocycles. The fourth-order valence-electron chi connectivity index (χ4n) is 2.45. The van der Waals surface area contributed by atoms with E-state index in [4.69, 9.17) is 5.73 Å². The molecule has 1 aliphatic heterocycles. The third-order valence-corrected chi connectivity index (χ3v) is 4.78. The van der Waals surface area contributed by atoms with Crippen molar-refractivity contribution in [1.29, 1.82) is 0 Å². The SMILES string of the molecule is Nc1ccc2c(c1)N(C(I)c1ccccc1)CC2. The molecule has 0 spiro atoms. The fraction of sp³-hybridized carbons (Fsp3) is 0.200. The Kier molecular flexibility index (Phi) is 3.16. The van der Waals surface area contributed by atoms with Crippen molar-refractivity contribution in [2.75, 3.05) is 17.2 Å². The molecule has 2 aromatic rings.